The van der Waals surface area contributed by atoms with Crippen LogP contribution in [0.15, 0.2) is 53.4 Å². The van der Waals surface area contributed by atoms with E-state index in [1.807, 2.05) is 19.2 Å². The number of hydrogen-bond acceptors (Lipinski definition) is 7. The van der Waals surface area contributed by atoms with E-state index in [4.69, 9.17) is 9.88 Å². The number of esters is 1. The molecule has 2 rings (SSSR count). The summed E-state index contributed by atoms with van der Waals surface area (Å²) in [5.74, 6) is -1.14. The smallest absolute Gasteiger partial charge is 0.329 e. The highest BCUT2D eigenvalue weighted by molar-refractivity contribution is 7.98. The molecular weight excluding hydrogens is 454 g/mol. The molecule has 11 heteroatoms. The van der Waals surface area contributed by atoms with Crippen LogP contribution in [-0.4, -0.2) is 50.9 Å². The molecule has 9 nitrogen and oxygen atoms in total. The zero-order valence-electron chi connectivity index (χ0n) is 17.7. The number of carbonyl (C=O) groups is 3. The number of anilines is 1. The molecule has 0 aromatic heterocycles. The second-order valence-corrected chi connectivity index (χ2v) is 9.45. The first-order chi connectivity index (χ1) is 15.1. The Bertz CT molecular complexity index is 1070. The van der Waals surface area contributed by atoms with Crippen molar-refractivity contribution in [2.75, 3.05) is 23.9 Å². The summed E-state index contributed by atoms with van der Waals surface area (Å²) in [6, 6.07) is 11.3. The molecule has 0 aliphatic carbocycles. The van der Waals surface area contributed by atoms with Gasteiger partial charge in [0.05, 0.1) is 4.90 Å². The fourth-order valence-corrected chi connectivity index (χ4v) is 3.66. The summed E-state index contributed by atoms with van der Waals surface area (Å²) in [4.78, 5) is 37.0. The van der Waals surface area contributed by atoms with Crippen LogP contribution in [-0.2, 0) is 24.3 Å². The van der Waals surface area contributed by atoms with Crippen LogP contribution >= 0.6 is 11.8 Å². The van der Waals surface area contributed by atoms with Gasteiger partial charge < -0.3 is 15.4 Å². The van der Waals surface area contributed by atoms with Gasteiger partial charge in [-0.1, -0.05) is 17.7 Å². The van der Waals surface area contributed by atoms with Crippen LogP contribution in [0, 0.1) is 6.92 Å². The monoisotopic (exact) mass is 479 g/mol. The van der Waals surface area contributed by atoms with E-state index < -0.39 is 40.5 Å². The van der Waals surface area contributed by atoms with Gasteiger partial charge in [0.1, 0.15) is 6.04 Å². The average Bonchev–Trinajstić information content (AvgIpc) is 2.74. The molecule has 0 heterocycles. The van der Waals surface area contributed by atoms with Crippen molar-refractivity contribution >= 4 is 45.3 Å². The highest BCUT2D eigenvalue weighted by Gasteiger charge is 2.23. The molecule has 4 N–H and O–H groups in total. The van der Waals surface area contributed by atoms with Gasteiger partial charge in [0.15, 0.2) is 6.61 Å². The van der Waals surface area contributed by atoms with Crippen LogP contribution in [0.1, 0.15) is 22.3 Å². The standard InChI is InChI=1S/C21H25N3O6S2/c1-14-4-3-5-15(12-14)20(26)24-18(10-11-31-2)21(27)30-13-19(25)23-16-6-8-17(9-7-16)32(22,28)29/h3-9,12,18H,10-11,13H2,1-2H3,(H,23,25)(H,24,26)(H2,22,28,29)/t18-/m0/s1. The topological polar surface area (TPSA) is 145 Å². The molecule has 2 amide bonds. The van der Waals surface area contributed by atoms with Crippen LogP contribution in [0.25, 0.3) is 0 Å². The summed E-state index contributed by atoms with van der Waals surface area (Å²) in [6.45, 7) is 1.29. The minimum Gasteiger partial charge on any atom is -0.454 e. The predicted octanol–water partition coefficient (Wildman–Crippen LogP) is 1.68. The lowest BCUT2D eigenvalue weighted by molar-refractivity contribution is -0.149. The van der Waals surface area contributed by atoms with E-state index >= 15 is 0 Å². The average molecular weight is 480 g/mol. The number of aryl methyl sites for hydroxylation is 1. The summed E-state index contributed by atoms with van der Waals surface area (Å²) in [7, 11) is -3.84. The maximum atomic E-state index is 12.5. The zero-order valence-corrected chi connectivity index (χ0v) is 19.3. The van der Waals surface area contributed by atoms with E-state index in [-0.39, 0.29) is 4.90 Å². The molecule has 0 saturated carbocycles. The molecule has 32 heavy (non-hydrogen) atoms. The Kier molecular flexibility index (Phi) is 9.24. The molecule has 0 radical (unpaired) electrons. The third-order valence-electron chi connectivity index (χ3n) is 4.29. The highest BCUT2D eigenvalue weighted by atomic mass is 32.2. The van der Waals surface area contributed by atoms with Gasteiger partial charge in [0.2, 0.25) is 10.0 Å². The van der Waals surface area contributed by atoms with Gasteiger partial charge in [-0.25, -0.2) is 18.4 Å². The molecule has 0 saturated heterocycles. The van der Waals surface area contributed by atoms with Crippen LogP contribution in [0.4, 0.5) is 5.69 Å². The Balaban J connectivity index is 1.94. The first-order valence-electron chi connectivity index (χ1n) is 9.56. The van der Waals surface area contributed by atoms with E-state index in [1.54, 1.807) is 18.2 Å². The van der Waals surface area contributed by atoms with Gasteiger partial charge in [0, 0.05) is 11.3 Å². The van der Waals surface area contributed by atoms with Gasteiger partial charge in [-0.3, -0.25) is 9.59 Å². The first-order valence-corrected chi connectivity index (χ1v) is 12.5. The number of sulfonamides is 1. The van der Waals surface area contributed by atoms with Crippen molar-refractivity contribution in [3.05, 3.63) is 59.7 Å². The summed E-state index contributed by atoms with van der Waals surface area (Å²) in [5, 5.41) is 10.2. The fraction of sp³-hybridized carbons (Fsp3) is 0.286. The van der Waals surface area contributed by atoms with E-state index in [2.05, 4.69) is 10.6 Å². The van der Waals surface area contributed by atoms with Crippen LogP contribution < -0.4 is 15.8 Å². The van der Waals surface area contributed by atoms with Crippen molar-refractivity contribution in [1.29, 1.82) is 0 Å². The van der Waals surface area contributed by atoms with Crippen molar-refractivity contribution in [3.8, 4) is 0 Å². The maximum absolute atomic E-state index is 12.5. The number of nitrogens with two attached hydrogens (primary N) is 1. The van der Waals surface area contributed by atoms with Crippen molar-refractivity contribution < 1.29 is 27.5 Å². The summed E-state index contributed by atoms with van der Waals surface area (Å²) in [5.41, 5.74) is 1.65. The number of carbonyl (C=O) groups excluding carboxylic acids is 3. The predicted molar refractivity (Wildman–Crippen MR) is 123 cm³/mol. The quantitative estimate of drug-likeness (QED) is 0.440. The van der Waals surface area contributed by atoms with E-state index in [1.165, 1.54) is 36.0 Å². The van der Waals surface area contributed by atoms with Gasteiger partial charge in [0.25, 0.3) is 11.8 Å². The largest absolute Gasteiger partial charge is 0.454 e. The fourth-order valence-electron chi connectivity index (χ4n) is 2.67. The lowest BCUT2D eigenvalue weighted by atomic mass is 10.1. The molecular formula is C21H25N3O6S2. The Morgan fingerprint density at radius 2 is 1.81 bits per heavy atom. The molecule has 0 bridgehead atoms. The normalized spacial score (nSPS) is 12.0. The van der Waals surface area contributed by atoms with Crippen LogP contribution in [0.3, 0.4) is 0 Å². The number of primary sulfonamides is 1. The van der Waals surface area contributed by atoms with Gasteiger partial charge in [-0.2, -0.15) is 11.8 Å². The zero-order chi connectivity index (χ0) is 23.7. The molecule has 0 fully saturated rings. The Morgan fingerprint density at radius 1 is 1.12 bits per heavy atom. The highest BCUT2D eigenvalue weighted by Crippen LogP contribution is 2.13. The number of amides is 2. The number of ether oxygens (including phenoxy) is 1. The van der Waals surface area contributed by atoms with Crippen molar-refractivity contribution in [3.63, 3.8) is 0 Å². The number of thioether (sulfide) groups is 1. The number of rotatable bonds is 10. The first kappa shape index (κ1) is 25.4. The molecule has 0 aliphatic heterocycles. The Morgan fingerprint density at radius 3 is 2.41 bits per heavy atom. The van der Waals surface area contributed by atoms with Gasteiger partial charge in [-0.15, -0.1) is 0 Å². The second kappa shape index (κ2) is 11.7. The molecule has 0 spiro atoms. The molecule has 172 valence electrons. The Labute approximate surface area is 191 Å². The van der Waals surface area contributed by atoms with Gasteiger partial charge >= 0.3 is 5.97 Å². The number of benzene rings is 2. The van der Waals surface area contributed by atoms with E-state index in [0.29, 0.717) is 23.4 Å². The molecule has 0 aliphatic rings. The van der Waals surface area contributed by atoms with Crippen molar-refractivity contribution in [2.24, 2.45) is 5.14 Å². The lowest BCUT2D eigenvalue weighted by Gasteiger charge is -2.17. The minimum absolute atomic E-state index is 0.0945. The SMILES string of the molecule is CSCC[C@H](NC(=O)c1cccc(C)c1)C(=O)OCC(=O)Nc1ccc(S(N)(=O)=O)cc1. The number of hydrogen-bond donors (Lipinski definition) is 3. The van der Waals surface area contributed by atoms with E-state index in [9.17, 15) is 22.8 Å². The third-order valence-corrected chi connectivity index (χ3v) is 5.87. The van der Waals surface area contributed by atoms with Gasteiger partial charge in [-0.05, 0) is 61.8 Å². The lowest BCUT2D eigenvalue weighted by Crippen LogP contribution is -2.43. The van der Waals surface area contributed by atoms with Crippen molar-refractivity contribution in [2.45, 2.75) is 24.3 Å². The van der Waals surface area contributed by atoms with Crippen molar-refractivity contribution in [1.82, 2.24) is 5.32 Å². The molecule has 0 unspecified atom stereocenters. The maximum Gasteiger partial charge on any atom is 0.329 e. The summed E-state index contributed by atoms with van der Waals surface area (Å²) >= 11 is 1.51. The third kappa shape index (κ3) is 7.98. The molecule has 2 aromatic rings. The van der Waals surface area contributed by atoms with E-state index in [0.717, 1.165) is 5.56 Å². The summed E-state index contributed by atoms with van der Waals surface area (Å²) in [6.07, 6.45) is 2.22. The molecule has 2 aromatic carbocycles. The van der Waals surface area contributed by atoms with Crippen LogP contribution in [0.2, 0.25) is 0 Å². The van der Waals surface area contributed by atoms with Crippen LogP contribution in [0.5, 0.6) is 0 Å². The Hall–Kier alpha value is -2.89. The second-order valence-electron chi connectivity index (χ2n) is 6.90. The summed E-state index contributed by atoms with van der Waals surface area (Å²) < 4.78 is 27.6. The molecule has 1 atom stereocenters. The number of nitrogens with one attached hydrogen (secondary N) is 2. The minimum atomic E-state index is -3.84.